The van der Waals surface area contributed by atoms with E-state index in [0.717, 1.165) is 36.9 Å². The predicted molar refractivity (Wildman–Crippen MR) is 161 cm³/mol. The molecule has 0 aliphatic heterocycles. The second-order valence-electron chi connectivity index (χ2n) is 9.73. The van der Waals surface area contributed by atoms with Gasteiger partial charge in [-0.1, -0.05) is 92.4 Å². The van der Waals surface area contributed by atoms with Crippen LogP contribution in [-0.4, -0.2) is 32.0 Å². The molecule has 0 saturated carbocycles. The minimum atomic E-state index is -0.965. The first-order valence-electron chi connectivity index (χ1n) is 13.6. The van der Waals surface area contributed by atoms with Crippen molar-refractivity contribution in [3.05, 3.63) is 110 Å². The maximum atomic E-state index is 13.5. The zero-order valence-electron chi connectivity index (χ0n) is 22.8. The molecule has 7 nitrogen and oxygen atoms in total. The van der Waals surface area contributed by atoms with Gasteiger partial charge in [-0.25, -0.2) is 9.59 Å². The lowest BCUT2D eigenvalue weighted by Gasteiger charge is -2.32. The first-order chi connectivity index (χ1) is 19.3. The second-order valence-corrected chi connectivity index (χ2v) is 10.5. The van der Waals surface area contributed by atoms with Gasteiger partial charge in [0.1, 0.15) is 5.82 Å². The standard InChI is InChI=1S/C31H34Cl2N4O3/c1-3-5-15-28-34-37(27-14-10-9-13-26(27)33)31(40)36(28)21-22-16-18-23(19-17-22)35(20-6-4-2)29(30(38)39)24-11-7-8-12-25(24)32/h7-14,16-19,29H,3-6,15,20-21H2,1-2H3,(H,38,39). The third kappa shape index (κ3) is 6.60. The lowest BCUT2D eigenvalue weighted by atomic mass is 10.0. The first-order valence-corrected chi connectivity index (χ1v) is 14.4. The number of anilines is 1. The van der Waals surface area contributed by atoms with E-state index in [1.54, 1.807) is 41.0 Å². The van der Waals surface area contributed by atoms with Crippen LogP contribution >= 0.6 is 23.2 Å². The molecule has 1 atom stereocenters. The summed E-state index contributed by atoms with van der Waals surface area (Å²) in [6.07, 6.45) is 4.30. The van der Waals surface area contributed by atoms with Crippen LogP contribution in [0.5, 0.6) is 0 Å². The Morgan fingerprint density at radius 2 is 1.57 bits per heavy atom. The Morgan fingerprint density at radius 3 is 2.20 bits per heavy atom. The van der Waals surface area contributed by atoms with Crippen LogP contribution < -0.4 is 10.6 Å². The number of carbonyl (C=O) groups is 1. The predicted octanol–water partition coefficient (Wildman–Crippen LogP) is 7.16. The number of para-hydroxylation sites is 1. The average Bonchev–Trinajstić information content (AvgIpc) is 3.25. The molecule has 0 radical (unpaired) electrons. The molecule has 0 aliphatic rings. The van der Waals surface area contributed by atoms with Gasteiger partial charge in [-0.05, 0) is 48.7 Å². The van der Waals surface area contributed by atoms with E-state index in [1.807, 2.05) is 41.3 Å². The van der Waals surface area contributed by atoms with Gasteiger partial charge in [0.25, 0.3) is 0 Å². The topological polar surface area (TPSA) is 80.4 Å². The second kappa shape index (κ2) is 13.7. The van der Waals surface area contributed by atoms with Crippen molar-refractivity contribution in [2.24, 2.45) is 0 Å². The number of nitrogens with zero attached hydrogens (tertiary/aromatic N) is 4. The van der Waals surface area contributed by atoms with Gasteiger partial charge in [0.05, 0.1) is 17.3 Å². The number of benzene rings is 3. The average molecular weight is 582 g/mol. The fourth-order valence-corrected chi connectivity index (χ4v) is 5.19. The Kier molecular flexibility index (Phi) is 10.1. The van der Waals surface area contributed by atoms with Crippen LogP contribution in [0, 0.1) is 0 Å². The summed E-state index contributed by atoms with van der Waals surface area (Å²) in [6.45, 7) is 5.07. The molecule has 1 aromatic heterocycles. The maximum Gasteiger partial charge on any atom is 0.351 e. The summed E-state index contributed by atoms with van der Waals surface area (Å²) in [5.74, 6) is -0.266. The van der Waals surface area contributed by atoms with Crippen molar-refractivity contribution in [2.45, 2.75) is 58.5 Å². The molecule has 0 bridgehead atoms. The molecule has 0 fully saturated rings. The van der Waals surface area contributed by atoms with Crippen molar-refractivity contribution in [3.8, 4) is 5.69 Å². The van der Waals surface area contributed by atoms with E-state index in [9.17, 15) is 14.7 Å². The first kappa shape index (κ1) is 29.4. The van der Waals surface area contributed by atoms with Crippen molar-refractivity contribution in [3.63, 3.8) is 0 Å². The van der Waals surface area contributed by atoms with Crippen LogP contribution in [0.1, 0.15) is 62.5 Å². The summed E-state index contributed by atoms with van der Waals surface area (Å²) in [5, 5.41) is 15.7. The Morgan fingerprint density at radius 1 is 0.925 bits per heavy atom. The molecule has 4 rings (SSSR count). The van der Waals surface area contributed by atoms with Gasteiger partial charge in [-0.2, -0.15) is 4.68 Å². The third-order valence-corrected chi connectivity index (χ3v) is 7.54. The number of halogens is 2. The number of aliphatic carboxylic acids is 1. The van der Waals surface area contributed by atoms with E-state index in [2.05, 4.69) is 18.9 Å². The van der Waals surface area contributed by atoms with Crippen LogP contribution in [0.2, 0.25) is 10.0 Å². The highest BCUT2D eigenvalue weighted by Crippen LogP contribution is 2.32. The Labute approximate surface area is 244 Å². The molecule has 3 aromatic carbocycles. The highest BCUT2D eigenvalue weighted by molar-refractivity contribution is 6.32. The lowest BCUT2D eigenvalue weighted by Crippen LogP contribution is -2.35. The van der Waals surface area contributed by atoms with Crippen molar-refractivity contribution in [2.75, 3.05) is 11.4 Å². The van der Waals surface area contributed by atoms with Crippen molar-refractivity contribution in [1.82, 2.24) is 14.3 Å². The van der Waals surface area contributed by atoms with E-state index in [4.69, 9.17) is 23.2 Å². The monoisotopic (exact) mass is 580 g/mol. The Balaban J connectivity index is 1.68. The van der Waals surface area contributed by atoms with Crippen LogP contribution in [0.3, 0.4) is 0 Å². The van der Waals surface area contributed by atoms with Gasteiger partial charge in [0, 0.05) is 29.2 Å². The Bertz CT molecular complexity index is 1500. The van der Waals surface area contributed by atoms with Gasteiger partial charge >= 0.3 is 11.7 Å². The smallest absolute Gasteiger partial charge is 0.351 e. The van der Waals surface area contributed by atoms with Gasteiger partial charge < -0.3 is 10.0 Å². The van der Waals surface area contributed by atoms with Gasteiger partial charge in [0.15, 0.2) is 6.04 Å². The number of hydrogen-bond acceptors (Lipinski definition) is 4. The number of aromatic nitrogens is 3. The van der Waals surface area contributed by atoms with Crippen LogP contribution in [0.15, 0.2) is 77.6 Å². The molecular formula is C31H34Cl2N4O3. The molecule has 40 heavy (non-hydrogen) atoms. The SMILES string of the molecule is CCCCc1nn(-c2ccccc2Cl)c(=O)n1Cc1ccc(N(CCCC)C(C(=O)O)c2ccccc2Cl)cc1. The molecular weight excluding hydrogens is 547 g/mol. The molecule has 210 valence electrons. The van der Waals surface area contributed by atoms with E-state index < -0.39 is 12.0 Å². The van der Waals surface area contributed by atoms with Crippen LogP contribution in [-0.2, 0) is 17.8 Å². The largest absolute Gasteiger partial charge is 0.479 e. The number of unbranched alkanes of at least 4 members (excludes halogenated alkanes) is 2. The van der Waals surface area contributed by atoms with E-state index >= 15 is 0 Å². The van der Waals surface area contributed by atoms with Crippen molar-refractivity contribution >= 4 is 34.9 Å². The number of aryl methyl sites for hydroxylation is 1. The molecule has 9 heteroatoms. The summed E-state index contributed by atoms with van der Waals surface area (Å²) < 4.78 is 3.06. The quantitative estimate of drug-likeness (QED) is 0.181. The van der Waals surface area contributed by atoms with Gasteiger partial charge in [0.2, 0.25) is 0 Å². The molecule has 0 amide bonds. The van der Waals surface area contributed by atoms with E-state index in [1.165, 1.54) is 4.68 Å². The van der Waals surface area contributed by atoms with Crippen molar-refractivity contribution < 1.29 is 9.90 Å². The number of carboxylic acid groups (broad SMARTS) is 1. The summed E-state index contributed by atoms with van der Waals surface area (Å²) in [7, 11) is 0. The van der Waals surface area contributed by atoms with Crippen LogP contribution in [0.25, 0.3) is 5.69 Å². The zero-order chi connectivity index (χ0) is 28.6. The number of carboxylic acids is 1. The summed E-state index contributed by atoms with van der Waals surface area (Å²) in [4.78, 5) is 27.8. The van der Waals surface area contributed by atoms with Gasteiger partial charge in [-0.3, -0.25) is 4.57 Å². The van der Waals surface area contributed by atoms with E-state index in [0.29, 0.717) is 46.6 Å². The van der Waals surface area contributed by atoms with E-state index in [-0.39, 0.29) is 5.69 Å². The molecule has 0 saturated heterocycles. The lowest BCUT2D eigenvalue weighted by molar-refractivity contribution is -0.138. The van der Waals surface area contributed by atoms with Gasteiger partial charge in [-0.15, -0.1) is 5.10 Å². The number of hydrogen-bond donors (Lipinski definition) is 1. The summed E-state index contributed by atoms with van der Waals surface area (Å²) in [5.41, 5.74) is 2.53. The fraction of sp³-hybridized carbons (Fsp3) is 0.323. The third-order valence-electron chi connectivity index (χ3n) is 6.88. The Hall–Kier alpha value is -3.55. The summed E-state index contributed by atoms with van der Waals surface area (Å²) >= 11 is 12.8. The minimum Gasteiger partial charge on any atom is -0.479 e. The molecule has 1 unspecified atom stereocenters. The normalized spacial score (nSPS) is 11.9. The highest BCUT2D eigenvalue weighted by Gasteiger charge is 2.29. The molecule has 1 N–H and O–H groups in total. The fourth-order valence-electron chi connectivity index (χ4n) is 4.74. The maximum absolute atomic E-state index is 13.5. The molecule has 0 aliphatic carbocycles. The number of rotatable bonds is 13. The van der Waals surface area contributed by atoms with Crippen molar-refractivity contribution in [1.29, 1.82) is 0 Å². The van der Waals surface area contributed by atoms with Crippen LogP contribution in [0.4, 0.5) is 5.69 Å². The minimum absolute atomic E-state index is 0.252. The molecule has 4 aromatic rings. The summed E-state index contributed by atoms with van der Waals surface area (Å²) in [6, 6.07) is 21.0. The molecule has 0 spiro atoms. The zero-order valence-corrected chi connectivity index (χ0v) is 24.3. The highest BCUT2D eigenvalue weighted by atomic mass is 35.5. The molecule has 1 heterocycles.